The van der Waals surface area contributed by atoms with E-state index in [0.717, 1.165) is 0 Å². The van der Waals surface area contributed by atoms with Gasteiger partial charge in [0.15, 0.2) is 0 Å². The van der Waals surface area contributed by atoms with Gasteiger partial charge in [0.05, 0.1) is 21.3 Å². The fraction of sp³-hybridized carbons (Fsp3) is 0.235. The Hall–Kier alpha value is -1.94. The number of nitrogens with two attached hydrogens (primary N) is 1. The molecule has 6 nitrogen and oxygen atoms in total. The zero-order valence-corrected chi connectivity index (χ0v) is 16.9. The maximum Gasteiger partial charge on any atom is 0.222 e. The van der Waals surface area contributed by atoms with Crippen LogP contribution in [0.25, 0.3) is 21.8 Å². The summed E-state index contributed by atoms with van der Waals surface area (Å²) in [6.07, 6.45) is 1.66. The lowest BCUT2D eigenvalue weighted by Crippen LogP contribution is -2.22. The van der Waals surface area contributed by atoms with Crippen LogP contribution in [0.1, 0.15) is 29.2 Å². The Balaban J connectivity index is 2.21. The van der Waals surface area contributed by atoms with Gasteiger partial charge in [-0.3, -0.25) is 0 Å². The third-order valence-electron chi connectivity index (χ3n) is 3.99. The molecular formula is C17H16ClFN4O2S2. The van der Waals surface area contributed by atoms with Crippen molar-refractivity contribution in [2.24, 2.45) is 5.14 Å². The highest BCUT2D eigenvalue weighted by atomic mass is 35.5. The number of halogens is 2. The molecule has 1 aromatic carbocycles. The smallest absolute Gasteiger partial charge is 0.222 e. The minimum atomic E-state index is -3.95. The minimum Gasteiger partial charge on any atom is -0.241 e. The van der Waals surface area contributed by atoms with Crippen molar-refractivity contribution in [3.8, 4) is 21.8 Å². The fourth-order valence-corrected chi connectivity index (χ4v) is 4.91. The zero-order valence-electron chi connectivity index (χ0n) is 14.5. The van der Waals surface area contributed by atoms with Crippen molar-refractivity contribution in [2.45, 2.75) is 25.5 Å². The molecule has 0 amide bonds. The lowest BCUT2D eigenvalue weighted by Gasteiger charge is -2.15. The number of primary sulfonamides is 1. The lowest BCUT2D eigenvalue weighted by atomic mass is 10.0. The molecule has 3 aromatic rings. The van der Waals surface area contributed by atoms with Gasteiger partial charge < -0.3 is 0 Å². The summed E-state index contributed by atoms with van der Waals surface area (Å²) < 4.78 is 39.0. The van der Waals surface area contributed by atoms with E-state index in [1.165, 1.54) is 23.6 Å². The van der Waals surface area contributed by atoms with E-state index in [2.05, 4.69) is 15.0 Å². The fourth-order valence-electron chi connectivity index (χ4n) is 2.86. The summed E-state index contributed by atoms with van der Waals surface area (Å²) >= 11 is 7.21. The molecule has 2 N–H and O–H groups in total. The van der Waals surface area contributed by atoms with Crippen LogP contribution in [-0.2, 0) is 10.0 Å². The molecule has 142 valence electrons. The topological polar surface area (TPSA) is 98.8 Å². The molecule has 0 bridgehead atoms. The minimum absolute atomic E-state index is 0.0230. The van der Waals surface area contributed by atoms with Gasteiger partial charge in [-0.2, -0.15) is 0 Å². The Morgan fingerprint density at radius 3 is 2.67 bits per heavy atom. The Kier molecular flexibility index (Phi) is 5.57. The van der Waals surface area contributed by atoms with E-state index in [-0.39, 0.29) is 22.8 Å². The lowest BCUT2D eigenvalue weighted by molar-refractivity contribution is 0.566. The third-order valence-corrected chi connectivity index (χ3v) is 6.55. The molecule has 1 unspecified atom stereocenters. The highest BCUT2D eigenvalue weighted by molar-refractivity contribution is 7.89. The van der Waals surface area contributed by atoms with Gasteiger partial charge in [-0.05, 0) is 37.1 Å². The van der Waals surface area contributed by atoms with Gasteiger partial charge in [0.25, 0.3) is 0 Å². The van der Waals surface area contributed by atoms with Crippen LogP contribution in [-0.4, -0.2) is 23.4 Å². The SMILES string of the molecule is CCC(c1cccc(-c2nc(C)sc2-c2ccnc(Cl)n2)c1F)S(N)(=O)=O. The summed E-state index contributed by atoms with van der Waals surface area (Å²) in [5.41, 5.74) is 1.09. The normalized spacial score (nSPS) is 12.9. The van der Waals surface area contributed by atoms with Crippen molar-refractivity contribution in [3.63, 3.8) is 0 Å². The second kappa shape index (κ2) is 7.59. The van der Waals surface area contributed by atoms with Crippen LogP contribution < -0.4 is 5.14 Å². The summed E-state index contributed by atoms with van der Waals surface area (Å²) in [4.78, 5) is 13.1. The second-order valence-electron chi connectivity index (χ2n) is 5.82. The highest BCUT2D eigenvalue weighted by Crippen LogP contribution is 2.39. The molecule has 0 aliphatic carbocycles. The van der Waals surface area contributed by atoms with Crippen LogP contribution >= 0.6 is 22.9 Å². The first-order valence-corrected chi connectivity index (χ1v) is 10.8. The van der Waals surface area contributed by atoms with Crippen molar-refractivity contribution < 1.29 is 12.8 Å². The Labute approximate surface area is 165 Å². The first kappa shape index (κ1) is 19.8. The number of sulfonamides is 1. The molecule has 1 atom stereocenters. The molecule has 10 heteroatoms. The Bertz CT molecular complexity index is 1100. The van der Waals surface area contributed by atoms with Crippen LogP contribution in [0.3, 0.4) is 0 Å². The van der Waals surface area contributed by atoms with Gasteiger partial charge >= 0.3 is 0 Å². The number of hydrogen-bond acceptors (Lipinski definition) is 6. The first-order valence-electron chi connectivity index (χ1n) is 7.99. The predicted molar refractivity (Wildman–Crippen MR) is 104 cm³/mol. The number of aryl methyl sites for hydroxylation is 1. The molecule has 27 heavy (non-hydrogen) atoms. The molecule has 0 aliphatic heterocycles. The molecule has 3 rings (SSSR count). The van der Waals surface area contributed by atoms with Crippen LogP contribution in [0.4, 0.5) is 4.39 Å². The van der Waals surface area contributed by atoms with E-state index in [4.69, 9.17) is 16.7 Å². The molecule has 2 aromatic heterocycles. The number of nitrogens with zero attached hydrogens (tertiary/aromatic N) is 3. The molecule has 2 heterocycles. The highest BCUT2D eigenvalue weighted by Gasteiger charge is 2.27. The molecule has 0 radical (unpaired) electrons. The van der Waals surface area contributed by atoms with Gasteiger partial charge in [0, 0.05) is 17.3 Å². The van der Waals surface area contributed by atoms with Gasteiger partial charge in [0.1, 0.15) is 11.1 Å². The first-order chi connectivity index (χ1) is 12.7. The predicted octanol–water partition coefficient (Wildman–Crippen LogP) is 4.11. The number of hydrogen-bond donors (Lipinski definition) is 1. The Morgan fingerprint density at radius 2 is 2.04 bits per heavy atom. The van der Waals surface area contributed by atoms with Crippen LogP contribution in [0.2, 0.25) is 5.28 Å². The monoisotopic (exact) mass is 426 g/mol. The van der Waals surface area contributed by atoms with Crippen molar-refractivity contribution in [3.05, 3.63) is 52.1 Å². The molecule has 0 aliphatic rings. The average Bonchev–Trinajstić information content (AvgIpc) is 2.97. The van der Waals surface area contributed by atoms with Gasteiger partial charge in [-0.1, -0.05) is 19.1 Å². The van der Waals surface area contributed by atoms with E-state index in [9.17, 15) is 8.42 Å². The molecule has 0 spiro atoms. The molecule has 0 fully saturated rings. The van der Waals surface area contributed by atoms with Crippen LogP contribution in [0, 0.1) is 12.7 Å². The number of rotatable bonds is 5. The summed E-state index contributed by atoms with van der Waals surface area (Å²) in [5, 5.41) is 4.93. The van der Waals surface area contributed by atoms with Crippen molar-refractivity contribution >= 4 is 33.0 Å². The van der Waals surface area contributed by atoms with E-state index >= 15 is 4.39 Å². The van der Waals surface area contributed by atoms with E-state index in [1.807, 2.05) is 0 Å². The molecule has 0 saturated carbocycles. The van der Waals surface area contributed by atoms with Crippen molar-refractivity contribution in [1.29, 1.82) is 0 Å². The largest absolute Gasteiger partial charge is 0.241 e. The Morgan fingerprint density at radius 1 is 1.30 bits per heavy atom. The van der Waals surface area contributed by atoms with E-state index < -0.39 is 21.1 Å². The second-order valence-corrected chi connectivity index (χ2v) is 9.10. The van der Waals surface area contributed by atoms with Crippen LogP contribution in [0.5, 0.6) is 0 Å². The standard InChI is InChI=1S/C17H16ClFN4O2S2/c1-3-13(27(20,24)25)10-5-4-6-11(14(10)19)15-16(26-9(2)22-15)12-7-8-21-17(18)23-12/h4-8,13H,3H2,1-2H3,(H2,20,24,25). The summed E-state index contributed by atoms with van der Waals surface area (Å²) in [6.45, 7) is 3.43. The van der Waals surface area contributed by atoms with Gasteiger partial charge in [-0.25, -0.2) is 32.9 Å². The number of aromatic nitrogens is 3. The summed E-state index contributed by atoms with van der Waals surface area (Å²) in [6, 6.07) is 6.23. The van der Waals surface area contributed by atoms with Crippen molar-refractivity contribution in [1.82, 2.24) is 15.0 Å². The van der Waals surface area contributed by atoms with Gasteiger partial charge in [-0.15, -0.1) is 11.3 Å². The zero-order chi connectivity index (χ0) is 19.8. The van der Waals surface area contributed by atoms with Crippen molar-refractivity contribution in [2.75, 3.05) is 0 Å². The number of benzene rings is 1. The maximum absolute atomic E-state index is 15.3. The van der Waals surface area contributed by atoms with Crippen LogP contribution in [0.15, 0.2) is 30.5 Å². The maximum atomic E-state index is 15.3. The summed E-state index contributed by atoms with van der Waals surface area (Å²) in [5.74, 6) is -0.662. The average molecular weight is 427 g/mol. The molecule has 0 saturated heterocycles. The van der Waals surface area contributed by atoms with E-state index in [0.29, 0.717) is 21.3 Å². The quantitative estimate of drug-likeness (QED) is 0.619. The third kappa shape index (κ3) is 4.01. The van der Waals surface area contributed by atoms with Gasteiger partial charge in [0.2, 0.25) is 15.3 Å². The molecular weight excluding hydrogens is 411 g/mol. The summed E-state index contributed by atoms with van der Waals surface area (Å²) in [7, 11) is -3.95. The number of thiazole rings is 1. The van der Waals surface area contributed by atoms with E-state index in [1.54, 1.807) is 32.0 Å².